The second kappa shape index (κ2) is 6.92. The van der Waals surface area contributed by atoms with Crippen LogP contribution in [-0.4, -0.2) is 24.3 Å². The van der Waals surface area contributed by atoms with Crippen LogP contribution in [-0.2, 0) is 9.59 Å². The number of Topliss-reactive ketones (excluding diaryl/α,β-unsaturated/α-hetero) is 1. The number of hydrogen-bond donors (Lipinski definition) is 1. The second-order valence-electron chi connectivity index (χ2n) is 5.00. The van der Waals surface area contributed by atoms with Crippen molar-refractivity contribution in [1.82, 2.24) is 5.32 Å². The minimum Gasteiger partial charge on any atom is -0.484 e. The Kier molecular flexibility index (Phi) is 5.55. The SMILES string of the molecule is CC(=O)C(NC(=O)COc1ccc(C)cc1)C(C)C. The van der Waals surface area contributed by atoms with Crippen molar-refractivity contribution in [3.63, 3.8) is 0 Å². The lowest BCUT2D eigenvalue weighted by atomic mass is 10.0. The maximum absolute atomic E-state index is 11.7. The van der Waals surface area contributed by atoms with Crippen molar-refractivity contribution in [2.75, 3.05) is 6.61 Å². The van der Waals surface area contributed by atoms with Crippen LogP contribution in [0.2, 0.25) is 0 Å². The average molecular weight is 263 g/mol. The van der Waals surface area contributed by atoms with E-state index in [2.05, 4.69) is 5.32 Å². The van der Waals surface area contributed by atoms with Crippen molar-refractivity contribution in [1.29, 1.82) is 0 Å². The van der Waals surface area contributed by atoms with E-state index in [-0.39, 0.29) is 24.2 Å². The first-order chi connectivity index (χ1) is 8.90. The lowest BCUT2D eigenvalue weighted by Crippen LogP contribution is -2.45. The summed E-state index contributed by atoms with van der Waals surface area (Å²) in [4.78, 5) is 23.1. The Morgan fingerprint density at radius 1 is 1.21 bits per heavy atom. The minimum absolute atomic E-state index is 0.0429. The lowest BCUT2D eigenvalue weighted by molar-refractivity contribution is -0.129. The molecule has 19 heavy (non-hydrogen) atoms. The van der Waals surface area contributed by atoms with E-state index in [0.717, 1.165) is 5.56 Å². The summed E-state index contributed by atoms with van der Waals surface area (Å²) in [7, 11) is 0. The average Bonchev–Trinajstić information content (AvgIpc) is 2.34. The molecule has 1 amide bonds. The highest BCUT2D eigenvalue weighted by atomic mass is 16.5. The summed E-state index contributed by atoms with van der Waals surface area (Å²) in [6.07, 6.45) is 0. The molecule has 0 saturated heterocycles. The summed E-state index contributed by atoms with van der Waals surface area (Å²) in [5.74, 6) is 0.388. The van der Waals surface area contributed by atoms with Gasteiger partial charge in [0, 0.05) is 0 Å². The highest BCUT2D eigenvalue weighted by molar-refractivity contribution is 5.88. The number of benzene rings is 1. The molecular formula is C15H21NO3. The number of nitrogens with one attached hydrogen (secondary N) is 1. The van der Waals surface area contributed by atoms with Gasteiger partial charge < -0.3 is 10.1 Å². The molecule has 0 radical (unpaired) electrons. The summed E-state index contributed by atoms with van der Waals surface area (Å²) in [6, 6.07) is 7.01. The van der Waals surface area contributed by atoms with Gasteiger partial charge in [-0.25, -0.2) is 0 Å². The van der Waals surface area contributed by atoms with Gasteiger partial charge in [-0.05, 0) is 31.9 Å². The number of aryl methyl sites for hydroxylation is 1. The summed E-state index contributed by atoms with van der Waals surface area (Å²) >= 11 is 0. The van der Waals surface area contributed by atoms with Crippen LogP contribution in [0.5, 0.6) is 5.75 Å². The Bertz CT molecular complexity index is 437. The Hall–Kier alpha value is -1.84. The van der Waals surface area contributed by atoms with Crippen molar-refractivity contribution < 1.29 is 14.3 Å². The molecule has 1 atom stereocenters. The van der Waals surface area contributed by atoms with Gasteiger partial charge in [-0.2, -0.15) is 0 Å². The molecule has 0 aromatic heterocycles. The molecule has 4 heteroatoms. The molecule has 1 rings (SSSR count). The first-order valence-corrected chi connectivity index (χ1v) is 6.39. The Morgan fingerprint density at radius 2 is 1.79 bits per heavy atom. The largest absolute Gasteiger partial charge is 0.484 e. The quantitative estimate of drug-likeness (QED) is 0.855. The first-order valence-electron chi connectivity index (χ1n) is 6.39. The van der Waals surface area contributed by atoms with Crippen LogP contribution in [0, 0.1) is 12.8 Å². The highest BCUT2D eigenvalue weighted by Gasteiger charge is 2.20. The van der Waals surface area contributed by atoms with E-state index < -0.39 is 6.04 Å². The first kappa shape index (κ1) is 15.2. The van der Waals surface area contributed by atoms with Gasteiger partial charge in [0.25, 0.3) is 5.91 Å². The fourth-order valence-corrected chi connectivity index (χ4v) is 1.74. The molecule has 104 valence electrons. The molecule has 1 N–H and O–H groups in total. The van der Waals surface area contributed by atoms with Crippen LogP contribution in [0.1, 0.15) is 26.3 Å². The number of rotatable bonds is 6. The number of ketones is 1. The van der Waals surface area contributed by atoms with Gasteiger partial charge >= 0.3 is 0 Å². The van der Waals surface area contributed by atoms with Gasteiger partial charge in [0.1, 0.15) is 5.75 Å². The van der Waals surface area contributed by atoms with Crippen molar-refractivity contribution in [2.45, 2.75) is 33.7 Å². The number of carbonyl (C=O) groups is 2. The zero-order valence-corrected chi connectivity index (χ0v) is 11.9. The topological polar surface area (TPSA) is 55.4 Å². The Morgan fingerprint density at radius 3 is 2.26 bits per heavy atom. The third kappa shape index (κ3) is 5.12. The molecule has 0 aliphatic heterocycles. The Balaban J connectivity index is 2.47. The van der Waals surface area contributed by atoms with Crippen molar-refractivity contribution in [2.24, 2.45) is 5.92 Å². The third-order valence-corrected chi connectivity index (χ3v) is 2.81. The predicted octanol–water partition coefficient (Wildman–Crippen LogP) is 2.10. The zero-order valence-electron chi connectivity index (χ0n) is 11.9. The van der Waals surface area contributed by atoms with E-state index in [1.165, 1.54) is 6.92 Å². The van der Waals surface area contributed by atoms with Gasteiger partial charge in [0.05, 0.1) is 6.04 Å². The molecular weight excluding hydrogens is 242 g/mol. The smallest absolute Gasteiger partial charge is 0.258 e. The molecule has 1 aromatic carbocycles. The molecule has 0 fully saturated rings. The van der Waals surface area contributed by atoms with Gasteiger partial charge in [-0.15, -0.1) is 0 Å². The molecule has 1 unspecified atom stereocenters. The van der Waals surface area contributed by atoms with Crippen molar-refractivity contribution >= 4 is 11.7 Å². The molecule has 0 aliphatic rings. The van der Waals surface area contributed by atoms with Crippen LogP contribution < -0.4 is 10.1 Å². The van der Waals surface area contributed by atoms with Gasteiger partial charge in [-0.3, -0.25) is 9.59 Å². The van der Waals surface area contributed by atoms with E-state index in [0.29, 0.717) is 5.75 Å². The molecule has 0 aliphatic carbocycles. The second-order valence-corrected chi connectivity index (χ2v) is 5.00. The molecule has 4 nitrogen and oxygen atoms in total. The summed E-state index contributed by atoms with van der Waals surface area (Å²) in [6.45, 7) is 7.17. The van der Waals surface area contributed by atoms with E-state index in [1.807, 2.05) is 45.0 Å². The normalized spacial score (nSPS) is 12.1. The molecule has 0 saturated carbocycles. The molecule has 1 aromatic rings. The van der Waals surface area contributed by atoms with Crippen molar-refractivity contribution in [3.8, 4) is 5.75 Å². The monoisotopic (exact) mass is 263 g/mol. The number of amides is 1. The maximum atomic E-state index is 11.7. The van der Waals surface area contributed by atoms with E-state index in [9.17, 15) is 9.59 Å². The predicted molar refractivity (Wildman–Crippen MR) is 74.1 cm³/mol. The Labute approximate surface area is 114 Å². The van der Waals surface area contributed by atoms with Crippen LogP contribution in [0.25, 0.3) is 0 Å². The van der Waals surface area contributed by atoms with Crippen LogP contribution in [0.3, 0.4) is 0 Å². The summed E-state index contributed by atoms with van der Waals surface area (Å²) in [5, 5.41) is 2.68. The zero-order chi connectivity index (χ0) is 14.4. The van der Waals surface area contributed by atoms with Gasteiger partial charge in [-0.1, -0.05) is 31.5 Å². The van der Waals surface area contributed by atoms with E-state index in [1.54, 1.807) is 0 Å². The number of hydrogen-bond acceptors (Lipinski definition) is 3. The highest BCUT2D eigenvalue weighted by Crippen LogP contribution is 2.11. The summed E-state index contributed by atoms with van der Waals surface area (Å²) < 4.78 is 5.36. The van der Waals surface area contributed by atoms with Crippen molar-refractivity contribution in [3.05, 3.63) is 29.8 Å². The van der Waals surface area contributed by atoms with Crippen LogP contribution >= 0.6 is 0 Å². The standard InChI is InChI=1S/C15H21NO3/c1-10(2)15(12(4)17)16-14(18)9-19-13-7-5-11(3)6-8-13/h5-8,10,15H,9H2,1-4H3,(H,16,18). The van der Waals surface area contributed by atoms with E-state index in [4.69, 9.17) is 4.74 Å². The lowest BCUT2D eigenvalue weighted by Gasteiger charge is -2.19. The van der Waals surface area contributed by atoms with Gasteiger partial charge in [0.2, 0.25) is 0 Å². The van der Waals surface area contributed by atoms with Crippen LogP contribution in [0.15, 0.2) is 24.3 Å². The third-order valence-electron chi connectivity index (χ3n) is 2.81. The van der Waals surface area contributed by atoms with Crippen LogP contribution in [0.4, 0.5) is 0 Å². The minimum atomic E-state index is -0.450. The maximum Gasteiger partial charge on any atom is 0.258 e. The number of ether oxygens (including phenoxy) is 1. The summed E-state index contributed by atoms with van der Waals surface area (Å²) in [5.41, 5.74) is 1.13. The molecule has 0 spiro atoms. The molecule has 0 heterocycles. The fourth-order valence-electron chi connectivity index (χ4n) is 1.74. The molecule has 0 bridgehead atoms. The van der Waals surface area contributed by atoms with E-state index >= 15 is 0 Å². The van der Waals surface area contributed by atoms with Gasteiger partial charge in [0.15, 0.2) is 12.4 Å². The fraction of sp³-hybridized carbons (Fsp3) is 0.467. The number of carbonyl (C=O) groups excluding carboxylic acids is 2.